The average Bonchev–Trinajstić information content (AvgIpc) is 3.59. The van der Waals surface area contributed by atoms with Crippen molar-refractivity contribution in [2.45, 2.75) is 44.8 Å². The summed E-state index contributed by atoms with van der Waals surface area (Å²) in [7, 11) is 0. The van der Waals surface area contributed by atoms with Crippen LogP contribution in [-0.2, 0) is 21.0 Å². The van der Waals surface area contributed by atoms with Crippen LogP contribution in [0.1, 0.15) is 48.0 Å². The maximum Gasteiger partial charge on any atom is 0.257 e. The van der Waals surface area contributed by atoms with Crippen molar-refractivity contribution in [3.05, 3.63) is 59.7 Å². The number of aliphatic imine (C=N–C) groups is 1. The lowest BCUT2D eigenvalue weighted by atomic mass is 10.1. The van der Waals surface area contributed by atoms with E-state index in [1.54, 1.807) is 29.2 Å². The van der Waals surface area contributed by atoms with Crippen LogP contribution in [0.2, 0.25) is 0 Å². The maximum atomic E-state index is 13.5. The summed E-state index contributed by atoms with van der Waals surface area (Å²) in [4.78, 5) is 52.6. The van der Waals surface area contributed by atoms with Gasteiger partial charge in [0.15, 0.2) is 0 Å². The zero-order valence-corrected chi connectivity index (χ0v) is 20.7. The zero-order chi connectivity index (χ0) is 25.6. The Kier molecular flexibility index (Phi) is 7.65. The molecule has 0 spiro atoms. The van der Waals surface area contributed by atoms with Gasteiger partial charge < -0.3 is 15.1 Å². The highest BCUT2D eigenvalue weighted by atomic mass is 16.6. The molecule has 3 aliphatic rings. The Morgan fingerprint density at radius 2 is 1.81 bits per heavy atom. The minimum atomic E-state index is -0.702. The van der Waals surface area contributed by atoms with Crippen LogP contribution >= 0.6 is 0 Å². The van der Waals surface area contributed by atoms with E-state index >= 15 is 0 Å². The first-order valence-electron chi connectivity index (χ1n) is 12.9. The predicted octanol–water partition coefficient (Wildman–Crippen LogP) is 2.75. The zero-order valence-electron chi connectivity index (χ0n) is 20.7. The monoisotopic (exact) mass is 504 g/mol. The largest absolute Gasteiger partial charge is 0.341 e. The molecule has 3 amide bonds. The van der Waals surface area contributed by atoms with Crippen LogP contribution < -0.4 is 16.1 Å². The van der Waals surface area contributed by atoms with Gasteiger partial charge in [0, 0.05) is 36.4 Å². The summed E-state index contributed by atoms with van der Waals surface area (Å²) >= 11 is 0. The Morgan fingerprint density at radius 3 is 2.62 bits per heavy atom. The number of carbonyl (C=O) groups is 3. The topological polar surface area (TPSA) is 115 Å². The number of fused-ring (bicyclic) bond motifs is 1. The van der Waals surface area contributed by atoms with E-state index in [1.807, 2.05) is 29.2 Å². The van der Waals surface area contributed by atoms with Gasteiger partial charge in [0.25, 0.3) is 5.91 Å². The molecule has 0 aromatic heterocycles. The van der Waals surface area contributed by atoms with E-state index in [0.717, 1.165) is 50.0 Å². The molecule has 10 nitrogen and oxygen atoms in total. The van der Waals surface area contributed by atoms with Crippen molar-refractivity contribution in [3.8, 4) is 0 Å². The van der Waals surface area contributed by atoms with E-state index in [-0.39, 0.29) is 30.2 Å². The molecule has 37 heavy (non-hydrogen) atoms. The van der Waals surface area contributed by atoms with Crippen LogP contribution in [0.3, 0.4) is 0 Å². The standard InChI is InChI=1S/C27H32N6O4/c34-24(32-13-6-7-14-32)17-33-15-5-4-10-23(26(33)36)29-27(30-25(35)19-8-2-1-3-9-19)28-21-11-12-22-20(16-21)18-37-31-22/h1-3,8-9,11-12,16,23,31H,4-7,10,13-15,17-18H2,(H2,28,29,30,35). The normalized spacial score (nSPS) is 19.7. The van der Waals surface area contributed by atoms with Gasteiger partial charge in [-0.2, -0.15) is 0 Å². The highest BCUT2D eigenvalue weighted by molar-refractivity contribution is 6.10. The summed E-state index contributed by atoms with van der Waals surface area (Å²) in [6, 6.07) is 13.8. The molecule has 194 valence electrons. The number of nitrogens with one attached hydrogen (secondary N) is 3. The lowest BCUT2D eigenvalue weighted by Gasteiger charge is -2.25. The molecule has 3 heterocycles. The minimum Gasteiger partial charge on any atom is -0.341 e. The summed E-state index contributed by atoms with van der Waals surface area (Å²) in [6.07, 6.45) is 4.17. The number of rotatable bonds is 5. The Balaban J connectivity index is 1.37. The fraction of sp³-hybridized carbons (Fsp3) is 0.407. The summed E-state index contributed by atoms with van der Waals surface area (Å²) < 4.78 is 0. The van der Waals surface area contributed by atoms with Crippen molar-refractivity contribution < 1.29 is 19.2 Å². The molecule has 2 aromatic carbocycles. The first kappa shape index (κ1) is 24.8. The van der Waals surface area contributed by atoms with E-state index in [4.69, 9.17) is 9.83 Å². The summed E-state index contributed by atoms with van der Waals surface area (Å²) in [6.45, 7) is 2.53. The summed E-state index contributed by atoms with van der Waals surface area (Å²) in [5.74, 6) is -0.350. The van der Waals surface area contributed by atoms with Crippen LogP contribution in [0, 0.1) is 0 Å². The number of amides is 3. The number of benzene rings is 2. The van der Waals surface area contributed by atoms with Crippen LogP contribution in [0.25, 0.3) is 0 Å². The van der Waals surface area contributed by atoms with Crippen molar-refractivity contribution in [3.63, 3.8) is 0 Å². The van der Waals surface area contributed by atoms with Gasteiger partial charge >= 0.3 is 0 Å². The van der Waals surface area contributed by atoms with E-state index in [9.17, 15) is 14.4 Å². The van der Waals surface area contributed by atoms with E-state index in [1.165, 1.54) is 0 Å². The second-order valence-electron chi connectivity index (χ2n) is 9.54. The second kappa shape index (κ2) is 11.4. The van der Waals surface area contributed by atoms with E-state index in [0.29, 0.717) is 30.8 Å². The van der Waals surface area contributed by atoms with Crippen LogP contribution in [-0.4, -0.2) is 65.7 Å². The molecule has 2 aromatic rings. The number of nitrogens with zero attached hydrogens (tertiary/aromatic N) is 3. The molecule has 1 atom stereocenters. The van der Waals surface area contributed by atoms with Crippen molar-refractivity contribution in [1.82, 2.24) is 15.1 Å². The third kappa shape index (κ3) is 6.08. The third-order valence-electron chi connectivity index (χ3n) is 6.87. The van der Waals surface area contributed by atoms with Crippen LogP contribution in [0.15, 0.2) is 53.5 Å². The van der Waals surface area contributed by atoms with Gasteiger partial charge in [-0.1, -0.05) is 18.2 Å². The van der Waals surface area contributed by atoms with Gasteiger partial charge in [0.05, 0.1) is 12.2 Å². The number of likely N-dealkylation sites (tertiary alicyclic amines) is 2. The summed E-state index contributed by atoms with van der Waals surface area (Å²) in [5, 5.41) is 6.03. The molecule has 3 N–H and O–H groups in total. The van der Waals surface area contributed by atoms with Gasteiger partial charge in [0.2, 0.25) is 17.8 Å². The molecular formula is C27H32N6O4. The number of hydrogen-bond acceptors (Lipinski definition) is 6. The third-order valence-corrected chi connectivity index (χ3v) is 6.87. The fourth-order valence-electron chi connectivity index (χ4n) is 4.83. The Hall–Kier alpha value is -3.92. The van der Waals surface area contributed by atoms with Crippen molar-refractivity contribution in [2.24, 2.45) is 4.99 Å². The Labute approximate surface area is 216 Å². The molecule has 2 fully saturated rings. The maximum absolute atomic E-state index is 13.5. The molecule has 0 radical (unpaired) electrons. The SMILES string of the molecule is O=C(NC(=NC1CCCCN(CC(=O)N2CCCC2)C1=O)Nc1ccc2c(c1)CON2)c1ccccc1. The van der Waals surface area contributed by atoms with Gasteiger partial charge in [-0.25, -0.2) is 4.99 Å². The Bertz CT molecular complexity index is 1180. The smallest absolute Gasteiger partial charge is 0.257 e. The molecule has 2 saturated heterocycles. The van der Waals surface area contributed by atoms with Crippen molar-refractivity contribution in [1.29, 1.82) is 0 Å². The highest BCUT2D eigenvalue weighted by Gasteiger charge is 2.30. The molecule has 1 unspecified atom stereocenters. The number of hydrogen-bond donors (Lipinski definition) is 3. The lowest BCUT2D eigenvalue weighted by Crippen LogP contribution is -2.45. The number of anilines is 2. The number of guanidine groups is 1. The highest BCUT2D eigenvalue weighted by Crippen LogP contribution is 2.26. The minimum absolute atomic E-state index is 0.0137. The van der Waals surface area contributed by atoms with Gasteiger partial charge in [0.1, 0.15) is 12.6 Å². The molecule has 0 aliphatic carbocycles. The summed E-state index contributed by atoms with van der Waals surface area (Å²) in [5.41, 5.74) is 5.89. The lowest BCUT2D eigenvalue weighted by molar-refractivity contribution is -0.140. The van der Waals surface area contributed by atoms with Crippen molar-refractivity contribution >= 4 is 35.1 Å². The van der Waals surface area contributed by atoms with Crippen LogP contribution in [0.4, 0.5) is 11.4 Å². The Morgan fingerprint density at radius 1 is 1.03 bits per heavy atom. The number of carbonyl (C=O) groups excluding carboxylic acids is 3. The average molecular weight is 505 g/mol. The first-order valence-corrected chi connectivity index (χ1v) is 12.9. The first-order chi connectivity index (χ1) is 18.1. The molecule has 0 bridgehead atoms. The molecule has 0 saturated carbocycles. The van der Waals surface area contributed by atoms with Crippen LogP contribution in [0.5, 0.6) is 0 Å². The molecular weight excluding hydrogens is 472 g/mol. The second-order valence-corrected chi connectivity index (χ2v) is 9.54. The quantitative estimate of drug-likeness (QED) is 0.426. The molecule has 5 rings (SSSR count). The van der Waals surface area contributed by atoms with E-state index in [2.05, 4.69) is 16.1 Å². The van der Waals surface area contributed by atoms with E-state index < -0.39 is 6.04 Å². The van der Waals surface area contributed by atoms with Gasteiger partial charge in [-0.3, -0.25) is 30.0 Å². The predicted molar refractivity (Wildman–Crippen MR) is 140 cm³/mol. The van der Waals surface area contributed by atoms with Gasteiger partial charge in [-0.15, -0.1) is 0 Å². The van der Waals surface area contributed by atoms with Gasteiger partial charge in [-0.05, 0) is 62.4 Å². The molecule has 10 heteroatoms. The fourth-order valence-corrected chi connectivity index (χ4v) is 4.83. The van der Waals surface area contributed by atoms with Crippen molar-refractivity contribution in [2.75, 3.05) is 37.0 Å². The molecule has 3 aliphatic heterocycles.